The Morgan fingerprint density at radius 1 is 1.12 bits per heavy atom. The predicted molar refractivity (Wildman–Crippen MR) is 90.9 cm³/mol. The zero-order valence-corrected chi connectivity index (χ0v) is 12.8. The molecule has 0 aliphatic heterocycles. The first-order valence-electron chi connectivity index (χ1n) is 7.82. The van der Waals surface area contributed by atoms with Crippen molar-refractivity contribution in [1.82, 2.24) is 10.3 Å². The number of fused-ring (bicyclic) bond motifs is 2. The second-order valence-corrected chi connectivity index (χ2v) is 6.01. The number of amides is 1. The molecule has 0 bridgehead atoms. The molecule has 0 radical (unpaired) electrons. The maximum absolute atomic E-state index is 12.7. The summed E-state index contributed by atoms with van der Waals surface area (Å²) in [6.45, 7) is 0. The van der Waals surface area contributed by atoms with Crippen LogP contribution >= 0.6 is 0 Å². The van der Waals surface area contributed by atoms with Gasteiger partial charge >= 0.3 is 0 Å². The van der Waals surface area contributed by atoms with E-state index in [1.165, 1.54) is 6.07 Å². The monoisotopic (exact) mass is 320 g/mol. The SMILES string of the molecule is O=C(NC1c2ccccc2CC1O)c1cc(=O)[nH]c2ccccc12. The van der Waals surface area contributed by atoms with Gasteiger partial charge < -0.3 is 15.4 Å². The van der Waals surface area contributed by atoms with Crippen molar-refractivity contribution in [1.29, 1.82) is 0 Å². The molecule has 24 heavy (non-hydrogen) atoms. The van der Waals surface area contributed by atoms with Crippen LogP contribution in [0.3, 0.4) is 0 Å². The van der Waals surface area contributed by atoms with E-state index in [-0.39, 0.29) is 11.5 Å². The molecule has 1 aliphatic rings. The summed E-state index contributed by atoms with van der Waals surface area (Å²) >= 11 is 0. The van der Waals surface area contributed by atoms with Gasteiger partial charge in [-0.15, -0.1) is 0 Å². The molecule has 5 nitrogen and oxygen atoms in total. The summed E-state index contributed by atoms with van der Waals surface area (Å²) in [5.74, 6) is -0.363. The number of rotatable bonds is 2. The Morgan fingerprint density at radius 2 is 1.88 bits per heavy atom. The minimum Gasteiger partial charge on any atom is -0.390 e. The molecule has 3 N–H and O–H groups in total. The summed E-state index contributed by atoms with van der Waals surface area (Å²) in [7, 11) is 0. The molecule has 5 heteroatoms. The van der Waals surface area contributed by atoms with E-state index in [9.17, 15) is 14.7 Å². The highest BCUT2D eigenvalue weighted by molar-refractivity contribution is 6.06. The van der Waals surface area contributed by atoms with Crippen molar-refractivity contribution in [2.45, 2.75) is 18.6 Å². The maximum Gasteiger partial charge on any atom is 0.252 e. The average Bonchev–Trinajstić information content (AvgIpc) is 2.89. The van der Waals surface area contributed by atoms with Crippen molar-refractivity contribution in [3.05, 3.63) is 81.6 Å². The maximum atomic E-state index is 12.7. The molecule has 4 rings (SSSR count). The molecule has 0 fully saturated rings. The normalized spacial score (nSPS) is 19.2. The van der Waals surface area contributed by atoms with Crippen LogP contribution < -0.4 is 10.9 Å². The number of carbonyl (C=O) groups is 1. The molecule has 0 spiro atoms. The summed E-state index contributed by atoms with van der Waals surface area (Å²) < 4.78 is 0. The van der Waals surface area contributed by atoms with Crippen molar-refractivity contribution in [2.24, 2.45) is 0 Å². The number of hydrogen-bond acceptors (Lipinski definition) is 3. The van der Waals surface area contributed by atoms with E-state index in [0.29, 0.717) is 22.9 Å². The van der Waals surface area contributed by atoms with Crippen LogP contribution in [-0.2, 0) is 6.42 Å². The number of benzene rings is 2. The molecule has 2 unspecified atom stereocenters. The lowest BCUT2D eigenvalue weighted by atomic mass is 10.1. The second-order valence-electron chi connectivity index (χ2n) is 6.01. The Bertz CT molecular complexity index is 993. The number of aliphatic hydroxyl groups is 1. The first kappa shape index (κ1) is 14.7. The Morgan fingerprint density at radius 3 is 2.75 bits per heavy atom. The predicted octanol–water partition coefficient (Wildman–Crippen LogP) is 1.92. The van der Waals surface area contributed by atoms with Gasteiger partial charge in [0.1, 0.15) is 0 Å². The molecular formula is C19H16N2O3. The largest absolute Gasteiger partial charge is 0.390 e. The van der Waals surface area contributed by atoms with Crippen LogP contribution in [0.4, 0.5) is 0 Å². The van der Waals surface area contributed by atoms with Gasteiger partial charge in [0.25, 0.3) is 5.91 Å². The number of H-pyrrole nitrogens is 1. The van der Waals surface area contributed by atoms with Gasteiger partial charge in [0, 0.05) is 23.4 Å². The smallest absolute Gasteiger partial charge is 0.252 e. The van der Waals surface area contributed by atoms with E-state index in [1.54, 1.807) is 18.2 Å². The fourth-order valence-electron chi connectivity index (χ4n) is 3.36. The summed E-state index contributed by atoms with van der Waals surface area (Å²) in [5.41, 5.74) is 2.55. The van der Waals surface area contributed by atoms with Gasteiger partial charge in [-0.05, 0) is 17.2 Å². The lowest BCUT2D eigenvalue weighted by Crippen LogP contribution is -2.34. The minimum absolute atomic E-state index is 0.311. The molecule has 2 atom stereocenters. The molecular weight excluding hydrogens is 304 g/mol. The van der Waals surface area contributed by atoms with E-state index < -0.39 is 12.1 Å². The highest BCUT2D eigenvalue weighted by Gasteiger charge is 2.32. The third-order valence-electron chi connectivity index (χ3n) is 4.49. The number of hydrogen-bond donors (Lipinski definition) is 3. The number of aliphatic hydroxyl groups excluding tert-OH is 1. The van der Waals surface area contributed by atoms with Crippen LogP contribution in [0.5, 0.6) is 0 Å². The molecule has 1 heterocycles. The van der Waals surface area contributed by atoms with Gasteiger partial charge in [0.2, 0.25) is 5.56 Å². The zero-order valence-electron chi connectivity index (χ0n) is 12.8. The number of aromatic amines is 1. The van der Waals surface area contributed by atoms with Gasteiger partial charge in [0.15, 0.2) is 0 Å². The molecule has 1 aliphatic carbocycles. The topological polar surface area (TPSA) is 82.2 Å². The molecule has 1 amide bonds. The lowest BCUT2D eigenvalue weighted by molar-refractivity contribution is 0.0859. The van der Waals surface area contributed by atoms with E-state index in [0.717, 1.165) is 11.1 Å². The summed E-state index contributed by atoms with van der Waals surface area (Å²) in [5, 5.41) is 13.8. The van der Waals surface area contributed by atoms with Crippen LogP contribution in [0, 0.1) is 0 Å². The zero-order chi connectivity index (χ0) is 16.7. The first-order chi connectivity index (χ1) is 11.6. The lowest BCUT2D eigenvalue weighted by Gasteiger charge is -2.18. The molecule has 0 saturated heterocycles. The van der Waals surface area contributed by atoms with E-state index in [4.69, 9.17) is 0 Å². The molecule has 3 aromatic rings. The fourth-order valence-corrected chi connectivity index (χ4v) is 3.36. The van der Waals surface area contributed by atoms with E-state index in [2.05, 4.69) is 10.3 Å². The minimum atomic E-state index is -0.667. The van der Waals surface area contributed by atoms with Gasteiger partial charge in [-0.25, -0.2) is 0 Å². The molecule has 2 aromatic carbocycles. The standard InChI is InChI=1S/C19H16N2O3/c22-16-9-11-5-1-2-6-12(11)18(16)21-19(24)14-10-17(23)20-15-8-4-3-7-13(14)15/h1-8,10,16,18,22H,9H2,(H,20,23)(H,21,24). The Hall–Kier alpha value is -2.92. The van der Waals surface area contributed by atoms with Crippen molar-refractivity contribution < 1.29 is 9.90 Å². The van der Waals surface area contributed by atoms with Crippen LogP contribution in [0.1, 0.15) is 27.5 Å². The van der Waals surface area contributed by atoms with Crippen molar-refractivity contribution in [3.63, 3.8) is 0 Å². The second kappa shape index (κ2) is 5.62. The average molecular weight is 320 g/mol. The van der Waals surface area contributed by atoms with E-state index >= 15 is 0 Å². The van der Waals surface area contributed by atoms with Crippen molar-refractivity contribution in [2.75, 3.05) is 0 Å². The van der Waals surface area contributed by atoms with Crippen molar-refractivity contribution >= 4 is 16.8 Å². The number of carbonyl (C=O) groups excluding carboxylic acids is 1. The van der Waals surface area contributed by atoms with Gasteiger partial charge in [0.05, 0.1) is 17.7 Å². The Kier molecular flexibility index (Phi) is 3.43. The molecule has 0 saturated carbocycles. The highest BCUT2D eigenvalue weighted by atomic mass is 16.3. The number of para-hydroxylation sites is 1. The van der Waals surface area contributed by atoms with Gasteiger partial charge in [-0.2, -0.15) is 0 Å². The summed E-state index contributed by atoms with van der Waals surface area (Å²) in [4.78, 5) is 27.3. The number of nitrogens with one attached hydrogen (secondary N) is 2. The van der Waals surface area contributed by atoms with Crippen LogP contribution in [0.2, 0.25) is 0 Å². The summed E-state index contributed by atoms with van der Waals surface area (Å²) in [6.07, 6.45) is -0.156. The molecule has 120 valence electrons. The van der Waals surface area contributed by atoms with Gasteiger partial charge in [-0.3, -0.25) is 9.59 Å². The highest BCUT2D eigenvalue weighted by Crippen LogP contribution is 2.31. The first-order valence-corrected chi connectivity index (χ1v) is 7.82. The molecule has 1 aromatic heterocycles. The third kappa shape index (κ3) is 2.39. The third-order valence-corrected chi connectivity index (χ3v) is 4.49. The van der Waals surface area contributed by atoms with Crippen LogP contribution in [0.25, 0.3) is 10.9 Å². The Labute approximate surface area is 138 Å². The number of pyridine rings is 1. The van der Waals surface area contributed by atoms with E-state index in [1.807, 2.05) is 30.3 Å². The quantitative estimate of drug-likeness (QED) is 0.674. The van der Waals surface area contributed by atoms with Crippen LogP contribution in [-0.4, -0.2) is 22.1 Å². The Balaban J connectivity index is 1.72. The van der Waals surface area contributed by atoms with Crippen LogP contribution in [0.15, 0.2) is 59.4 Å². The number of aromatic nitrogens is 1. The van der Waals surface area contributed by atoms with Gasteiger partial charge in [-0.1, -0.05) is 42.5 Å². The fraction of sp³-hybridized carbons (Fsp3) is 0.158. The van der Waals surface area contributed by atoms with Crippen molar-refractivity contribution in [3.8, 4) is 0 Å². The summed E-state index contributed by atoms with van der Waals surface area (Å²) in [6, 6.07) is 15.7.